The Morgan fingerprint density at radius 1 is 1.37 bits per heavy atom. The summed E-state index contributed by atoms with van der Waals surface area (Å²) < 4.78 is 0. The predicted octanol–water partition coefficient (Wildman–Crippen LogP) is -0.0681. The van der Waals surface area contributed by atoms with Crippen molar-refractivity contribution in [3.8, 4) is 0 Å². The minimum Gasteiger partial charge on any atom is -0.369 e. The van der Waals surface area contributed by atoms with E-state index in [1.807, 2.05) is 13.8 Å². The summed E-state index contributed by atoms with van der Waals surface area (Å²) in [6, 6.07) is -1.29. The zero-order valence-electron chi connectivity index (χ0n) is 16.1. The Kier molecular flexibility index (Phi) is 6.98. The SMILES string of the molecule is C=CC[C@@H](C(N)=O)[C@H](CC(C)C)C(=O)N[C@@H]1CNC(=O)[C@@H]2CCCN2C1=O. The Balaban J connectivity index is 2.17. The van der Waals surface area contributed by atoms with Crippen molar-refractivity contribution in [2.75, 3.05) is 13.1 Å². The van der Waals surface area contributed by atoms with E-state index in [-0.39, 0.29) is 30.2 Å². The largest absolute Gasteiger partial charge is 0.369 e. The molecule has 0 aliphatic carbocycles. The molecular formula is C19H30N4O4. The Morgan fingerprint density at radius 2 is 2.07 bits per heavy atom. The molecule has 4 atom stereocenters. The molecule has 4 N–H and O–H groups in total. The van der Waals surface area contributed by atoms with E-state index in [1.54, 1.807) is 11.0 Å². The zero-order valence-corrected chi connectivity index (χ0v) is 16.1. The number of hydrogen-bond acceptors (Lipinski definition) is 4. The lowest BCUT2D eigenvalue weighted by Gasteiger charge is -2.28. The number of rotatable bonds is 8. The van der Waals surface area contributed by atoms with Crippen molar-refractivity contribution in [3.05, 3.63) is 12.7 Å². The van der Waals surface area contributed by atoms with Crippen LogP contribution >= 0.6 is 0 Å². The van der Waals surface area contributed by atoms with Crippen LogP contribution in [0.5, 0.6) is 0 Å². The maximum atomic E-state index is 13.0. The summed E-state index contributed by atoms with van der Waals surface area (Å²) >= 11 is 0. The number of nitrogens with one attached hydrogen (secondary N) is 2. The molecule has 0 radical (unpaired) electrons. The monoisotopic (exact) mass is 378 g/mol. The van der Waals surface area contributed by atoms with Crippen LogP contribution in [0.15, 0.2) is 12.7 Å². The predicted molar refractivity (Wildman–Crippen MR) is 100 cm³/mol. The molecule has 2 aliphatic rings. The van der Waals surface area contributed by atoms with E-state index in [0.717, 1.165) is 6.42 Å². The third-order valence-electron chi connectivity index (χ3n) is 5.27. The van der Waals surface area contributed by atoms with Crippen molar-refractivity contribution < 1.29 is 19.2 Å². The molecule has 8 heteroatoms. The second kappa shape index (κ2) is 9.01. The molecule has 150 valence electrons. The van der Waals surface area contributed by atoms with Gasteiger partial charge in [-0.2, -0.15) is 0 Å². The van der Waals surface area contributed by atoms with Gasteiger partial charge in [0.25, 0.3) is 0 Å². The molecule has 0 saturated carbocycles. The second-order valence-corrected chi connectivity index (χ2v) is 7.77. The van der Waals surface area contributed by atoms with Crippen LogP contribution in [0.3, 0.4) is 0 Å². The van der Waals surface area contributed by atoms with Crippen molar-refractivity contribution in [1.82, 2.24) is 15.5 Å². The number of nitrogens with zero attached hydrogens (tertiary/aromatic N) is 1. The molecule has 4 amide bonds. The third-order valence-corrected chi connectivity index (χ3v) is 5.27. The summed E-state index contributed by atoms with van der Waals surface area (Å²) in [6.45, 7) is 8.12. The first-order valence-electron chi connectivity index (χ1n) is 9.55. The van der Waals surface area contributed by atoms with E-state index < -0.39 is 29.8 Å². The normalized spacial score (nSPS) is 24.6. The Hall–Kier alpha value is -2.38. The highest BCUT2D eigenvalue weighted by molar-refractivity contribution is 5.96. The number of carbonyl (C=O) groups excluding carboxylic acids is 4. The van der Waals surface area contributed by atoms with Gasteiger partial charge in [0.1, 0.15) is 12.1 Å². The van der Waals surface area contributed by atoms with Crippen LogP contribution in [0.4, 0.5) is 0 Å². The Labute approximate surface area is 159 Å². The van der Waals surface area contributed by atoms with Gasteiger partial charge in [-0.15, -0.1) is 6.58 Å². The fourth-order valence-corrected chi connectivity index (χ4v) is 3.92. The average molecular weight is 378 g/mol. The molecule has 0 spiro atoms. The maximum Gasteiger partial charge on any atom is 0.247 e. The molecule has 0 unspecified atom stereocenters. The molecule has 0 bridgehead atoms. The second-order valence-electron chi connectivity index (χ2n) is 7.77. The van der Waals surface area contributed by atoms with E-state index in [9.17, 15) is 19.2 Å². The highest BCUT2D eigenvalue weighted by Crippen LogP contribution is 2.25. The zero-order chi connectivity index (χ0) is 20.1. The number of primary amides is 1. The van der Waals surface area contributed by atoms with Gasteiger partial charge in [0.2, 0.25) is 23.6 Å². The van der Waals surface area contributed by atoms with E-state index in [2.05, 4.69) is 17.2 Å². The molecule has 2 rings (SSSR count). The van der Waals surface area contributed by atoms with Gasteiger partial charge in [0.15, 0.2) is 0 Å². The minimum absolute atomic E-state index is 0.0491. The van der Waals surface area contributed by atoms with E-state index in [4.69, 9.17) is 5.73 Å². The lowest BCUT2D eigenvalue weighted by Crippen LogP contribution is -2.53. The standard InChI is InChI=1S/C19H30N4O4/c1-4-6-12(16(20)24)13(9-11(2)3)17(25)22-14-10-21-18(26)15-7-5-8-23(15)19(14)27/h4,11-15H,1,5-10H2,2-3H3,(H2,20,24)(H,21,26)(H,22,25)/t12-,13+,14-,15+/m1/s1. The van der Waals surface area contributed by atoms with Gasteiger partial charge in [0, 0.05) is 13.1 Å². The molecular weight excluding hydrogens is 348 g/mol. The topological polar surface area (TPSA) is 122 Å². The highest BCUT2D eigenvalue weighted by atomic mass is 16.2. The first-order valence-corrected chi connectivity index (χ1v) is 9.55. The molecule has 8 nitrogen and oxygen atoms in total. The van der Waals surface area contributed by atoms with Crippen LogP contribution in [0.1, 0.15) is 39.5 Å². The van der Waals surface area contributed by atoms with Gasteiger partial charge in [-0.1, -0.05) is 19.9 Å². The summed E-state index contributed by atoms with van der Waals surface area (Å²) in [7, 11) is 0. The lowest BCUT2D eigenvalue weighted by molar-refractivity contribution is -0.140. The van der Waals surface area contributed by atoms with Gasteiger partial charge in [-0.3, -0.25) is 19.2 Å². The molecule has 2 saturated heterocycles. The van der Waals surface area contributed by atoms with Crippen LogP contribution < -0.4 is 16.4 Å². The Morgan fingerprint density at radius 3 is 2.67 bits per heavy atom. The maximum absolute atomic E-state index is 13.0. The quantitative estimate of drug-likeness (QED) is 0.512. The summed E-state index contributed by atoms with van der Waals surface area (Å²) in [4.78, 5) is 51.3. The van der Waals surface area contributed by atoms with Crippen LogP contribution in [-0.4, -0.2) is 53.7 Å². The van der Waals surface area contributed by atoms with Crippen LogP contribution in [0.25, 0.3) is 0 Å². The summed E-state index contributed by atoms with van der Waals surface area (Å²) in [5.74, 6) is -2.55. The van der Waals surface area contributed by atoms with E-state index in [0.29, 0.717) is 25.8 Å². The van der Waals surface area contributed by atoms with Gasteiger partial charge in [-0.25, -0.2) is 0 Å². The van der Waals surface area contributed by atoms with Crippen molar-refractivity contribution in [1.29, 1.82) is 0 Å². The molecule has 2 heterocycles. The molecule has 2 fully saturated rings. The summed E-state index contributed by atoms with van der Waals surface area (Å²) in [5.41, 5.74) is 5.51. The number of allylic oxidation sites excluding steroid dienone is 1. The fourth-order valence-electron chi connectivity index (χ4n) is 3.92. The summed E-state index contributed by atoms with van der Waals surface area (Å²) in [6.07, 6.45) is 3.74. The molecule has 2 aliphatic heterocycles. The molecule has 0 aromatic heterocycles. The average Bonchev–Trinajstić information content (AvgIpc) is 3.06. The van der Waals surface area contributed by atoms with Gasteiger partial charge < -0.3 is 21.3 Å². The van der Waals surface area contributed by atoms with E-state index >= 15 is 0 Å². The first-order chi connectivity index (χ1) is 12.8. The summed E-state index contributed by atoms with van der Waals surface area (Å²) in [5, 5.41) is 5.49. The van der Waals surface area contributed by atoms with Crippen molar-refractivity contribution in [2.24, 2.45) is 23.5 Å². The molecule has 27 heavy (non-hydrogen) atoms. The molecule has 0 aromatic rings. The smallest absolute Gasteiger partial charge is 0.247 e. The van der Waals surface area contributed by atoms with Crippen LogP contribution in [0.2, 0.25) is 0 Å². The van der Waals surface area contributed by atoms with Crippen LogP contribution in [-0.2, 0) is 19.2 Å². The van der Waals surface area contributed by atoms with Crippen LogP contribution in [0, 0.1) is 17.8 Å². The number of nitrogens with two attached hydrogens (primary N) is 1. The highest BCUT2D eigenvalue weighted by Gasteiger charge is 2.42. The van der Waals surface area contributed by atoms with Gasteiger partial charge in [0.05, 0.1) is 11.8 Å². The van der Waals surface area contributed by atoms with Crippen molar-refractivity contribution >= 4 is 23.6 Å². The number of amides is 4. The molecule has 0 aromatic carbocycles. The fraction of sp³-hybridized carbons (Fsp3) is 0.684. The van der Waals surface area contributed by atoms with Crippen molar-refractivity contribution in [3.63, 3.8) is 0 Å². The first kappa shape index (κ1) is 20.9. The third kappa shape index (κ3) is 4.87. The number of carbonyl (C=O) groups is 4. The minimum atomic E-state index is -0.837. The Bertz CT molecular complexity index is 619. The van der Waals surface area contributed by atoms with Crippen molar-refractivity contribution in [2.45, 2.75) is 51.6 Å². The van der Waals surface area contributed by atoms with Gasteiger partial charge in [-0.05, 0) is 31.6 Å². The van der Waals surface area contributed by atoms with E-state index in [1.165, 1.54) is 0 Å². The number of fused-ring (bicyclic) bond motifs is 1. The number of hydrogen-bond donors (Lipinski definition) is 3. The lowest BCUT2D eigenvalue weighted by atomic mass is 9.82. The van der Waals surface area contributed by atoms with Gasteiger partial charge >= 0.3 is 0 Å².